The number of ether oxygens (including phenoxy) is 3. The summed E-state index contributed by atoms with van der Waals surface area (Å²) in [5.41, 5.74) is 2.50. The monoisotopic (exact) mass is 365 g/mol. The molecule has 1 aliphatic heterocycles. The standard InChI is InChI=1S/C21H19NO5/c1-12-19(15-5-3-4-6-16(15)22-12)20(23)13(2)27-21(24)14-7-8-17-18(11-14)26-10-9-25-17/h3-8,11,13,22H,9-10H2,1-2H3/t13-/m0/s1. The molecule has 1 aliphatic rings. The van der Waals surface area contributed by atoms with Crippen LogP contribution in [0.1, 0.15) is 33.3 Å². The van der Waals surface area contributed by atoms with E-state index in [1.165, 1.54) is 0 Å². The predicted octanol–water partition coefficient (Wildman–Crippen LogP) is 3.68. The summed E-state index contributed by atoms with van der Waals surface area (Å²) in [7, 11) is 0. The normalized spacial score (nSPS) is 14.0. The Labute approximate surface area is 156 Å². The van der Waals surface area contributed by atoms with Crippen molar-refractivity contribution in [2.45, 2.75) is 20.0 Å². The van der Waals surface area contributed by atoms with Crippen molar-refractivity contribution in [3.63, 3.8) is 0 Å². The minimum absolute atomic E-state index is 0.240. The number of carbonyl (C=O) groups excluding carboxylic acids is 2. The Bertz CT molecular complexity index is 1040. The third kappa shape index (κ3) is 3.14. The molecule has 1 N–H and O–H groups in total. The first-order chi connectivity index (χ1) is 13.0. The fourth-order valence-electron chi connectivity index (χ4n) is 3.25. The number of para-hydroxylation sites is 1. The van der Waals surface area contributed by atoms with Gasteiger partial charge >= 0.3 is 5.97 Å². The summed E-state index contributed by atoms with van der Waals surface area (Å²) in [6, 6.07) is 12.4. The maximum atomic E-state index is 12.9. The van der Waals surface area contributed by atoms with Gasteiger partial charge in [0.15, 0.2) is 17.6 Å². The molecule has 0 bridgehead atoms. The third-order valence-corrected chi connectivity index (χ3v) is 4.57. The van der Waals surface area contributed by atoms with Crippen molar-refractivity contribution in [1.82, 2.24) is 4.98 Å². The zero-order valence-corrected chi connectivity index (χ0v) is 15.1. The van der Waals surface area contributed by atoms with Crippen LogP contribution in [0.5, 0.6) is 11.5 Å². The first kappa shape index (κ1) is 17.1. The summed E-state index contributed by atoms with van der Waals surface area (Å²) < 4.78 is 16.3. The number of aryl methyl sites for hydroxylation is 1. The zero-order chi connectivity index (χ0) is 19.0. The van der Waals surface area contributed by atoms with Crippen LogP contribution in [0.3, 0.4) is 0 Å². The fourth-order valence-corrected chi connectivity index (χ4v) is 3.25. The Balaban J connectivity index is 1.54. The van der Waals surface area contributed by atoms with Crippen molar-refractivity contribution in [2.24, 2.45) is 0 Å². The number of H-pyrrole nitrogens is 1. The van der Waals surface area contributed by atoms with E-state index in [1.54, 1.807) is 25.1 Å². The van der Waals surface area contributed by atoms with Gasteiger partial charge in [0.2, 0.25) is 5.78 Å². The van der Waals surface area contributed by atoms with Crippen LogP contribution in [0, 0.1) is 6.92 Å². The Kier molecular flexibility index (Phi) is 4.32. The highest BCUT2D eigenvalue weighted by Gasteiger charge is 2.25. The van der Waals surface area contributed by atoms with E-state index < -0.39 is 12.1 Å². The average Bonchev–Trinajstić information content (AvgIpc) is 3.02. The van der Waals surface area contributed by atoms with Gasteiger partial charge in [-0.25, -0.2) is 4.79 Å². The number of benzene rings is 2. The van der Waals surface area contributed by atoms with Crippen LogP contribution in [0.25, 0.3) is 10.9 Å². The summed E-state index contributed by atoms with van der Waals surface area (Å²) in [5, 5.41) is 0.822. The molecule has 0 saturated carbocycles. The molecule has 2 heterocycles. The van der Waals surface area contributed by atoms with E-state index in [0.29, 0.717) is 35.8 Å². The molecule has 0 amide bonds. The molecule has 4 rings (SSSR count). The number of esters is 1. The number of fused-ring (bicyclic) bond motifs is 2. The van der Waals surface area contributed by atoms with E-state index in [1.807, 2.05) is 31.2 Å². The topological polar surface area (TPSA) is 77.6 Å². The first-order valence-electron chi connectivity index (χ1n) is 8.77. The van der Waals surface area contributed by atoms with Gasteiger partial charge in [0.25, 0.3) is 0 Å². The van der Waals surface area contributed by atoms with E-state index in [4.69, 9.17) is 14.2 Å². The van der Waals surface area contributed by atoms with Crippen molar-refractivity contribution < 1.29 is 23.8 Å². The van der Waals surface area contributed by atoms with Gasteiger partial charge in [-0.05, 0) is 38.1 Å². The third-order valence-electron chi connectivity index (χ3n) is 4.57. The van der Waals surface area contributed by atoms with Gasteiger partial charge in [-0.1, -0.05) is 18.2 Å². The van der Waals surface area contributed by atoms with Crippen LogP contribution in [0.15, 0.2) is 42.5 Å². The summed E-state index contributed by atoms with van der Waals surface area (Å²) in [6.45, 7) is 4.33. The van der Waals surface area contributed by atoms with E-state index in [2.05, 4.69) is 4.98 Å². The number of hydrogen-bond acceptors (Lipinski definition) is 5. The summed E-state index contributed by atoms with van der Waals surface area (Å²) in [4.78, 5) is 28.6. The molecule has 1 aromatic heterocycles. The molecule has 2 aromatic carbocycles. The van der Waals surface area contributed by atoms with Gasteiger partial charge < -0.3 is 19.2 Å². The Hall–Kier alpha value is -3.28. The van der Waals surface area contributed by atoms with Crippen molar-refractivity contribution >= 4 is 22.7 Å². The number of aromatic nitrogens is 1. The molecule has 0 spiro atoms. The van der Waals surface area contributed by atoms with Gasteiger partial charge in [0.05, 0.1) is 5.56 Å². The van der Waals surface area contributed by atoms with Crippen LogP contribution in [-0.2, 0) is 4.74 Å². The van der Waals surface area contributed by atoms with Crippen LogP contribution in [-0.4, -0.2) is 36.1 Å². The van der Waals surface area contributed by atoms with E-state index in [9.17, 15) is 9.59 Å². The van der Waals surface area contributed by atoms with Crippen molar-refractivity contribution in [2.75, 3.05) is 13.2 Å². The summed E-state index contributed by atoms with van der Waals surface area (Å²) >= 11 is 0. The Morgan fingerprint density at radius 1 is 1.07 bits per heavy atom. The Morgan fingerprint density at radius 3 is 2.63 bits per heavy atom. The van der Waals surface area contributed by atoms with E-state index >= 15 is 0 Å². The lowest BCUT2D eigenvalue weighted by Gasteiger charge is -2.19. The molecule has 0 unspecified atom stereocenters. The molecular formula is C21H19NO5. The molecule has 3 aromatic rings. The van der Waals surface area contributed by atoms with Gasteiger partial charge in [0.1, 0.15) is 13.2 Å². The highest BCUT2D eigenvalue weighted by Crippen LogP contribution is 2.31. The average molecular weight is 365 g/mol. The lowest BCUT2D eigenvalue weighted by molar-refractivity contribution is 0.0318. The molecule has 6 heteroatoms. The minimum Gasteiger partial charge on any atom is -0.486 e. The van der Waals surface area contributed by atoms with Crippen LogP contribution < -0.4 is 9.47 Å². The molecule has 0 fully saturated rings. The summed E-state index contributed by atoms with van der Waals surface area (Å²) in [5.74, 6) is 0.277. The second-order valence-corrected chi connectivity index (χ2v) is 6.44. The van der Waals surface area contributed by atoms with Crippen molar-refractivity contribution in [3.8, 4) is 11.5 Å². The van der Waals surface area contributed by atoms with Crippen LogP contribution in [0.2, 0.25) is 0 Å². The second-order valence-electron chi connectivity index (χ2n) is 6.44. The molecule has 138 valence electrons. The smallest absolute Gasteiger partial charge is 0.338 e. The maximum Gasteiger partial charge on any atom is 0.338 e. The number of Topliss-reactive ketones (excluding diaryl/α,β-unsaturated/α-hetero) is 1. The number of aromatic amines is 1. The van der Waals surface area contributed by atoms with E-state index in [0.717, 1.165) is 16.6 Å². The molecule has 0 aliphatic carbocycles. The molecule has 0 radical (unpaired) electrons. The number of rotatable bonds is 4. The predicted molar refractivity (Wildman–Crippen MR) is 99.7 cm³/mol. The van der Waals surface area contributed by atoms with Gasteiger partial charge in [0, 0.05) is 22.2 Å². The minimum atomic E-state index is -0.913. The Morgan fingerprint density at radius 2 is 1.81 bits per heavy atom. The van der Waals surface area contributed by atoms with Gasteiger partial charge in [-0.3, -0.25) is 4.79 Å². The highest BCUT2D eigenvalue weighted by atomic mass is 16.6. The summed E-state index contributed by atoms with van der Waals surface area (Å²) in [6.07, 6.45) is -0.913. The lowest BCUT2D eigenvalue weighted by atomic mass is 10.0. The van der Waals surface area contributed by atoms with Crippen LogP contribution >= 0.6 is 0 Å². The number of hydrogen-bond donors (Lipinski definition) is 1. The highest BCUT2D eigenvalue weighted by molar-refractivity contribution is 6.11. The number of carbonyl (C=O) groups is 2. The molecule has 1 atom stereocenters. The molecule has 0 saturated heterocycles. The SMILES string of the molecule is Cc1[nH]c2ccccc2c1C(=O)[C@H](C)OC(=O)c1ccc2c(c1)OCCO2. The fraction of sp³-hybridized carbons (Fsp3) is 0.238. The molecular weight excluding hydrogens is 346 g/mol. The van der Waals surface area contributed by atoms with Crippen molar-refractivity contribution in [3.05, 3.63) is 59.3 Å². The number of ketones is 1. The lowest BCUT2D eigenvalue weighted by Crippen LogP contribution is -2.25. The largest absolute Gasteiger partial charge is 0.486 e. The maximum absolute atomic E-state index is 12.9. The molecule has 6 nitrogen and oxygen atoms in total. The molecule has 27 heavy (non-hydrogen) atoms. The zero-order valence-electron chi connectivity index (χ0n) is 15.1. The number of nitrogens with one attached hydrogen (secondary N) is 1. The first-order valence-corrected chi connectivity index (χ1v) is 8.77. The second kappa shape index (κ2) is 6.79. The van der Waals surface area contributed by atoms with Crippen molar-refractivity contribution in [1.29, 1.82) is 0 Å². The quantitative estimate of drug-likeness (QED) is 0.564. The van der Waals surface area contributed by atoms with Crippen LogP contribution in [0.4, 0.5) is 0 Å². The van der Waals surface area contributed by atoms with Gasteiger partial charge in [-0.2, -0.15) is 0 Å². The van der Waals surface area contributed by atoms with Gasteiger partial charge in [-0.15, -0.1) is 0 Å². The van der Waals surface area contributed by atoms with E-state index in [-0.39, 0.29) is 5.78 Å².